The van der Waals surface area contributed by atoms with E-state index < -0.39 is 5.41 Å². The summed E-state index contributed by atoms with van der Waals surface area (Å²) in [5, 5.41) is 18.1. The highest BCUT2D eigenvalue weighted by Gasteiger charge is 2.42. The van der Waals surface area contributed by atoms with E-state index in [1.807, 2.05) is 54.6 Å². The van der Waals surface area contributed by atoms with Crippen molar-refractivity contribution in [2.75, 3.05) is 0 Å². The van der Waals surface area contributed by atoms with E-state index in [-0.39, 0.29) is 6.42 Å². The normalized spacial score (nSPS) is 11.4. The van der Waals surface area contributed by atoms with E-state index in [0.717, 1.165) is 33.5 Å². The molecule has 3 aromatic carbocycles. The Kier molecular flexibility index (Phi) is 5.18. The lowest BCUT2D eigenvalue weighted by Crippen LogP contribution is -2.32. The summed E-state index contributed by atoms with van der Waals surface area (Å²) in [4.78, 5) is 4.91. The minimum Gasteiger partial charge on any atom is -0.280 e. The van der Waals surface area contributed by atoms with Gasteiger partial charge in [0, 0.05) is 11.5 Å². The van der Waals surface area contributed by atoms with Crippen molar-refractivity contribution < 1.29 is 0 Å². The number of halogens is 1. The molecule has 0 atom stereocenters. The van der Waals surface area contributed by atoms with Gasteiger partial charge >= 0.3 is 0 Å². The molecule has 0 spiro atoms. The highest BCUT2D eigenvalue weighted by molar-refractivity contribution is 6.30. The predicted octanol–water partition coefficient (Wildman–Crippen LogP) is 6.06. The van der Waals surface area contributed by atoms with Gasteiger partial charge in [-0.05, 0) is 16.7 Å². The summed E-state index contributed by atoms with van der Waals surface area (Å²) in [5.41, 5.74) is 4.57. The first-order chi connectivity index (χ1) is 15.7. The van der Waals surface area contributed by atoms with Crippen LogP contribution in [-0.2, 0) is 11.8 Å². The van der Waals surface area contributed by atoms with E-state index in [4.69, 9.17) is 16.6 Å². The van der Waals surface area contributed by atoms with Crippen LogP contribution in [0.5, 0.6) is 0 Å². The van der Waals surface area contributed by atoms with Crippen LogP contribution in [0, 0.1) is 11.3 Å². The Morgan fingerprint density at radius 3 is 1.78 bits per heavy atom. The molecule has 32 heavy (non-hydrogen) atoms. The van der Waals surface area contributed by atoms with E-state index in [9.17, 15) is 5.26 Å². The van der Waals surface area contributed by atoms with Gasteiger partial charge in [-0.2, -0.15) is 10.4 Å². The second-order valence-electron chi connectivity index (χ2n) is 7.57. The molecular weight excluding hydrogens is 416 g/mol. The fraction of sp³-hybridized carbons (Fsp3) is 0.0741. The Balaban J connectivity index is 2.01. The number of pyridine rings is 1. The Hall–Kier alpha value is -3.94. The van der Waals surface area contributed by atoms with Crippen molar-refractivity contribution >= 4 is 22.5 Å². The van der Waals surface area contributed by atoms with Gasteiger partial charge in [0.25, 0.3) is 0 Å². The lowest BCUT2D eigenvalue weighted by Gasteiger charge is -2.36. The van der Waals surface area contributed by atoms with Gasteiger partial charge in [0.1, 0.15) is 5.15 Å². The summed E-state index contributed by atoms with van der Waals surface area (Å²) >= 11 is 6.55. The van der Waals surface area contributed by atoms with Crippen LogP contribution >= 0.6 is 11.6 Å². The zero-order valence-electron chi connectivity index (χ0n) is 17.2. The third-order valence-electron chi connectivity index (χ3n) is 5.81. The fourth-order valence-electron chi connectivity index (χ4n) is 4.52. The summed E-state index contributed by atoms with van der Waals surface area (Å²) in [6.45, 7) is 0. The number of nitrogens with one attached hydrogen (secondary N) is 1. The maximum Gasteiger partial charge on any atom is 0.131 e. The van der Waals surface area contributed by atoms with Gasteiger partial charge in [0.15, 0.2) is 0 Å². The SMILES string of the molecule is N#CCc1[nH]nc2cc(Cl)nc(C(c3ccccc3)(c3ccccc3)c3ccccc3)c12. The van der Waals surface area contributed by atoms with Gasteiger partial charge in [0.2, 0.25) is 0 Å². The molecule has 5 aromatic rings. The van der Waals surface area contributed by atoms with Crippen LogP contribution in [0.4, 0.5) is 0 Å². The highest BCUT2D eigenvalue weighted by Crippen LogP contribution is 2.47. The smallest absolute Gasteiger partial charge is 0.131 e. The average Bonchev–Trinajstić information content (AvgIpc) is 3.24. The van der Waals surface area contributed by atoms with Crippen molar-refractivity contribution in [3.63, 3.8) is 0 Å². The number of rotatable bonds is 5. The van der Waals surface area contributed by atoms with Crippen LogP contribution < -0.4 is 0 Å². The van der Waals surface area contributed by atoms with Gasteiger partial charge in [0.05, 0.1) is 34.8 Å². The van der Waals surface area contributed by atoms with E-state index in [1.165, 1.54) is 0 Å². The fourth-order valence-corrected chi connectivity index (χ4v) is 4.71. The lowest BCUT2D eigenvalue weighted by molar-refractivity contribution is 0.722. The molecule has 5 heteroatoms. The number of nitriles is 1. The molecule has 0 fully saturated rings. The monoisotopic (exact) mass is 434 g/mol. The molecule has 154 valence electrons. The number of benzene rings is 3. The number of H-pyrrole nitrogens is 1. The minimum atomic E-state index is -0.763. The largest absolute Gasteiger partial charge is 0.280 e. The number of nitrogens with zero attached hydrogens (tertiary/aromatic N) is 3. The molecule has 0 bridgehead atoms. The molecule has 0 radical (unpaired) electrons. The standard InChI is InChI=1S/C27H19ClN4/c28-24-18-23-25(22(16-17-29)31-32-23)26(30-24)27(19-10-4-1-5-11-19,20-12-6-2-7-13-20)21-14-8-3-9-15-21/h1-15,18H,16H2,(H,31,32). The maximum atomic E-state index is 9.45. The topological polar surface area (TPSA) is 65.4 Å². The number of fused-ring (bicyclic) bond motifs is 1. The van der Waals surface area contributed by atoms with Gasteiger partial charge in [-0.15, -0.1) is 0 Å². The second kappa shape index (κ2) is 8.30. The molecule has 0 saturated heterocycles. The number of aromatic amines is 1. The van der Waals surface area contributed by atoms with Crippen LogP contribution in [-0.4, -0.2) is 15.2 Å². The van der Waals surface area contributed by atoms with Crippen LogP contribution in [0.15, 0.2) is 97.1 Å². The summed E-state index contributed by atoms with van der Waals surface area (Å²) in [6.07, 6.45) is 0.196. The third kappa shape index (κ3) is 3.15. The van der Waals surface area contributed by atoms with Crippen molar-refractivity contribution in [1.29, 1.82) is 5.26 Å². The molecule has 0 saturated carbocycles. The Morgan fingerprint density at radius 2 is 1.31 bits per heavy atom. The Morgan fingerprint density at radius 1 is 0.812 bits per heavy atom. The molecule has 0 amide bonds. The molecule has 4 nitrogen and oxygen atoms in total. The molecule has 0 unspecified atom stereocenters. The summed E-state index contributed by atoms with van der Waals surface area (Å²) in [6, 6.07) is 34.8. The first-order valence-electron chi connectivity index (χ1n) is 10.3. The number of hydrogen-bond donors (Lipinski definition) is 1. The predicted molar refractivity (Wildman–Crippen MR) is 127 cm³/mol. The molecule has 5 rings (SSSR count). The van der Waals surface area contributed by atoms with E-state index in [0.29, 0.717) is 10.7 Å². The van der Waals surface area contributed by atoms with Crippen molar-refractivity contribution in [1.82, 2.24) is 15.2 Å². The average molecular weight is 435 g/mol. The zero-order valence-corrected chi connectivity index (χ0v) is 17.9. The van der Waals surface area contributed by atoms with Crippen LogP contribution in [0.25, 0.3) is 10.9 Å². The molecule has 0 aliphatic heterocycles. The van der Waals surface area contributed by atoms with Crippen molar-refractivity contribution in [2.24, 2.45) is 0 Å². The van der Waals surface area contributed by atoms with Crippen molar-refractivity contribution in [3.05, 3.63) is 130 Å². The molecule has 2 heterocycles. The van der Waals surface area contributed by atoms with E-state index in [2.05, 4.69) is 52.7 Å². The lowest BCUT2D eigenvalue weighted by atomic mass is 9.66. The Bertz CT molecular complexity index is 1310. The van der Waals surface area contributed by atoms with Gasteiger partial charge in [-0.1, -0.05) is 103 Å². The zero-order chi connectivity index (χ0) is 22.0. The minimum absolute atomic E-state index is 0.196. The van der Waals surface area contributed by atoms with Crippen LogP contribution in [0.2, 0.25) is 5.15 Å². The molecule has 0 aliphatic rings. The van der Waals surface area contributed by atoms with Crippen LogP contribution in [0.1, 0.15) is 28.1 Å². The van der Waals surface area contributed by atoms with E-state index in [1.54, 1.807) is 6.07 Å². The van der Waals surface area contributed by atoms with Gasteiger partial charge < -0.3 is 0 Å². The summed E-state index contributed by atoms with van der Waals surface area (Å²) < 4.78 is 0. The Labute approximate surface area is 191 Å². The van der Waals surface area contributed by atoms with E-state index >= 15 is 0 Å². The number of hydrogen-bond acceptors (Lipinski definition) is 3. The second-order valence-corrected chi connectivity index (χ2v) is 7.96. The molecule has 2 aromatic heterocycles. The quantitative estimate of drug-likeness (QED) is 0.270. The summed E-state index contributed by atoms with van der Waals surface area (Å²) in [7, 11) is 0. The van der Waals surface area contributed by atoms with Crippen molar-refractivity contribution in [3.8, 4) is 6.07 Å². The van der Waals surface area contributed by atoms with Gasteiger partial charge in [-0.25, -0.2) is 4.98 Å². The molecule has 1 N–H and O–H groups in total. The first-order valence-corrected chi connectivity index (χ1v) is 10.7. The molecule has 0 aliphatic carbocycles. The number of aromatic nitrogens is 3. The summed E-state index contributed by atoms with van der Waals surface area (Å²) in [5.74, 6) is 0. The highest BCUT2D eigenvalue weighted by atomic mass is 35.5. The van der Waals surface area contributed by atoms with Crippen LogP contribution in [0.3, 0.4) is 0 Å². The maximum absolute atomic E-state index is 9.45. The molecular formula is C27H19ClN4. The first kappa shape index (κ1) is 20.0. The third-order valence-corrected chi connectivity index (χ3v) is 6.01. The van der Waals surface area contributed by atoms with Gasteiger partial charge in [-0.3, -0.25) is 5.10 Å². The van der Waals surface area contributed by atoms with Crippen molar-refractivity contribution in [2.45, 2.75) is 11.8 Å².